The molecule has 1 aromatic carbocycles. The first kappa shape index (κ1) is 20.2. The van der Waals surface area contributed by atoms with E-state index in [9.17, 15) is 14.7 Å². The van der Waals surface area contributed by atoms with E-state index in [1.165, 1.54) is 11.2 Å². The van der Waals surface area contributed by atoms with Gasteiger partial charge < -0.3 is 19.3 Å². The van der Waals surface area contributed by atoms with Gasteiger partial charge in [-0.2, -0.15) is 0 Å². The van der Waals surface area contributed by atoms with Gasteiger partial charge in [0, 0.05) is 23.7 Å². The maximum absolute atomic E-state index is 12.8. The maximum atomic E-state index is 12.8. The Morgan fingerprint density at radius 1 is 1.18 bits per heavy atom. The second-order valence-corrected chi connectivity index (χ2v) is 6.98. The SMILES string of the molecule is CCN(CC)CCN1C(=O)C(=O)/C(=C(/O)c2ccc(Cl)cc2)[C@H]1c1ccco1. The summed E-state index contributed by atoms with van der Waals surface area (Å²) >= 11 is 5.91. The fourth-order valence-corrected chi connectivity index (χ4v) is 3.53. The number of ketones is 1. The second kappa shape index (κ2) is 8.63. The lowest BCUT2D eigenvalue weighted by Gasteiger charge is -2.26. The molecule has 6 nitrogen and oxygen atoms in total. The minimum atomic E-state index is -0.763. The predicted molar refractivity (Wildman–Crippen MR) is 107 cm³/mol. The lowest BCUT2D eigenvalue weighted by molar-refractivity contribution is -0.140. The van der Waals surface area contributed by atoms with Crippen molar-refractivity contribution >= 4 is 29.1 Å². The quantitative estimate of drug-likeness (QED) is 0.434. The smallest absolute Gasteiger partial charge is 0.295 e. The number of hydrogen-bond donors (Lipinski definition) is 1. The molecule has 0 radical (unpaired) electrons. The number of Topliss-reactive ketones (excluding diaryl/α,β-unsaturated/α-hetero) is 1. The summed E-state index contributed by atoms with van der Waals surface area (Å²) in [5.41, 5.74) is 0.449. The number of halogens is 1. The van der Waals surface area contributed by atoms with Crippen molar-refractivity contribution in [2.75, 3.05) is 26.2 Å². The average Bonchev–Trinajstić information content (AvgIpc) is 3.31. The molecule has 0 bridgehead atoms. The van der Waals surface area contributed by atoms with Crippen LogP contribution in [0.15, 0.2) is 52.7 Å². The number of furan rings is 1. The molecular formula is C21H23ClN2O4. The molecule has 1 aromatic heterocycles. The average molecular weight is 403 g/mol. The van der Waals surface area contributed by atoms with Gasteiger partial charge in [0.25, 0.3) is 11.7 Å². The van der Waals surface area contributed by atoms with Crippen LogP contribution in [0.1, 0.15) is 31.2 Å². The molecule has 148 valence electrons. The molecule has 2 aromatic rings. The number of carbonyl (C=O) groups is 2. The third-order valence-corrected chi connectivity index (χ3v) is 5.27. The topological polar surface area (TPSA) is 74.0 Å². The van der Waals surface area contributed by atoms with E-state index in [1.54, 1.807) is 36.4 Å². The minimum absolute atomic E-state index is 0.0295. The molecule has 28 heavy (non-hydrogen) atoms. The highest BCUT2D eigenvalue weighted by Crippen LogP contribution is 2.39. The summed E-state index contributed by atoms with van der Waals surface area (Å²) in [6.07, 6.45) is 1.49. The van der Waals surface area contributed by atoms with Gasteiger partial charge in [-0.15, -0.1) is 0 Å². The van der Waals surface area contributed by atoms with Gasteiger partial charge in [-0.05, 0) is 49.5 Å². The number of nitrogens with zero attached hydrogens (tertiary/aromatic N) is 2. The number of rotatable bonds is 7. The number of carbonyl (C=O) groups excluding carboxylic acids is 2. The van der Waals surface area contributed by atoms with Crippen LogP contribution in [0, 0.1) is 0 Å². The molecule has 1 atom stereocenters. The lowest BCUT2D eigenvalue weighted by Crippen LogP contribution is -2.37. The molecule has 1 amide bonds. The molecule has 2 heterocycles. The van der Waals surface area contributed by atoms with Crippen LogP contribution in [-0.4, -0.2) is 52.8 Å². The zero-order valence-corrected chi connectivity index (χ0v) is 16.6. The van der Waals surface area contributed by atoms with Crippen molar-refractivity contribution in [1.29, 1.82) is 0 Å². The van der Waals surface area contributed by atoms with Crippen molar-refractivity contribution in [2.45, 2.75) is 19.9 Å². The summed E-state index contributed by atoms with van der Waals surface area (Å²) in [6.45, 7) is 6.75. The van der Waals surface area contributed by atoms with Crippen molar-refractivity contribution < 1.29 is 19.1 Å². The second-order valence-electron chi connectivity index (χ2n) is 6.54. The van der Waals surface area contributed by atoms with Crippen LogP contribution in [0.4, 0.5) is 0 Å². The zero-order chi connectivity index (χ0) is 20.3. The van der Waals surface area contributed by atoms with Crippen LogP contribution in [-0.2, 0) is 9.59 Å². The molecule has 1 N–H and O–H groups in total. The van der Waals surface area contributed by atoms with Crippen LogP contribution in [0.2, 0.25) is 5.02 Å². The Morgan fingerprint density at radius 2 is 1.86 bits per heavy atom. The molecular weight excluding hydrogens is 380 g/mol. The lowest BCUT2D eigenvalue weighted by atomic mass is 9.99. The Kier molecular flexibility index (Phi) is 6.21. The van der Waals surface area contributed by atoms with Gasteiger partial charge in [0.2, 0.25) is 0 Å². The highest BCUT2D eigenvalue weighted by molar-refractivity contribution is 6.46. The molecule has 7 heteroatoms. The highest BCUT2D eigenvalue weighted by Gasteiger charge is 2.47. The molecule has 0 aliphatic carbocycles. The Balaban J connectivity index is 2.03. The number of likely N-dealkylation sites (N-methyl/N-ethyl adjacent to an activating group) is 1. The van der Waals surface area contributed by atoms with E-state index < -0.39 is 17.7 Å². The van der Waals surface area contributed by atoms with E-state index in [1.807, 2.05) is 13.8 Å². The zero-order valence-electron chi connectivity index (χ0n) is 15.9. The Morgan fingerprint density at radius 3 is 2.43 bits per heavy atom. The molecule has 3 rings (SSSR count). The normalized spacial score (nSPS) is 19.0. The highest BCUT2D eigenvalue weighted by atomic mass is 35.5. The summed E-state index contributed by atoms with van der Waals surface area (Å²) in [5.74, 6) is -1.14. The standard InChI is InChI=1S/C21H23ClN2O4/c1-3-23(4-2)11-12-24-18(16-6-5-13-28-16)17(20(26)21(24)27)19(25)14-7-9-15(22)10-8-14/h5-10,13,18,25H,3-4,11-12H2,1-2H3/b19-17+/t18-/m1/s1. The first-order chi connectivity index (χ1) is 13.5. The number of likely N-dealkylation sites (tertiary alicyclic amines) is 1. The minimum Gasteiger partial charge on any atom is -0.507 e. The third-order valence-electron chi connectivity index (χ3n) is 5.02. The summed E-state index contributed by atoms with van der Waals surface area (Å²) in [5, 5.41) is 11.4. The third kappa shape index (κ3) is 3.84. The molecule has 1 aliphatic rings. The Hall–Kier alpha value is -2.57. The van der Waals surface area contributed by atoms with Crippen molar-refractivity contribution in [3.63, 3.8) is 0 Å². The Labute approximate surface area is 169 Å². The summed E-state index contributed by atoms with van der Waals surface area (Å²) in [4.78, 5) is 29.2. The van der Waals surface area contributed by atoms with Gasteiger partial charge in [0.1, 0.15) is 17.6 Å². The molecule has 1 fully saturated rings. The Bertz CT molecular complexity index is 870. The van der Waals surface area contributed by atoms with Gasteiger partial charge in [0.15, 0.2) is 0 Å². The molecule has 1 saturated heterocycles. The first-order valence-electron chi connectivity index (χ1n) is 9.28. The van der Waals surface area contributed by atoms with Crippen molar-refractivity contribution in [3.05, 3.63) is 64.6 Å². The predicted octanol–water partition coefficient (Wildman–Crippen LogP) is 3.70. The van der Waals surface area contributed by atoms with E-state index in [0.717, 1.165) is 13.1 Å². The number of amides is 1. The maximum Gasteiger partial charge on any atom is 0.295 e. The van der Waals surface area contributed by atoms with E-state index in [0.29, 0.717) is 29.4 Å². The number of benzene rings is 1. The van der Waals surface area contributed by atoms with E-state index in [4.69, 9.17) is 16.0 Å². The molecule has 0 saturated carbocycles. The largest absolute Gasteiger partial charge is 0.507 e. The number of aliphatic hydroxyl groups excluding tert-OH is 1. The van der Waals surface area contributed by atoms with Crippen LogP contribution in [0.25, 0.3) is 5.76 Å². The van der Waals surface area contributed by atoms with Crippen LogP contribution in [0.3, 0.4) is 0 Å². The number of hydrogen-bond acceptors (Lipinski definition) is 5. The van der Waals surface area contributed by atoms with Gasteiger partial charge in [-0.25, -0.2) is 0 Å². The number of aliphatic hydroxyl groups is 1. The summed E-state index contributed by atoms with van der Waals surface area (Å²) in [6, 6.07) is 9.10. The van der Waals surface area contributed by atoms with E-state index >= 15 is 0 Å². The van der Waals surface area contributed by atoms with Gasteiger partial charge in [-0.1, -0.05) is 25.4 Å². The summed E-state index contributed by atoms with van der Waals surface area (Å²) < 4.78 is 5.51. The van der Waals surface area contributed by atoms with E-state index in [2.05, 4.69) is 4.90 Å². The first-order valence-corrected chi connectivity index (χ1v) is 9.65. The molecule has 0 unspecified atom stereocenters. The van der Waals surface area contributed by atoms with Crippen LogP contribution in [0.5, 0.6) is 0 Å². The van der Waals surface area contributed by atoms with Gasteiger partial charge in [0.05, 0.1) is 11.8 Å². The fraction of sp³-hybridized carbons (Fsp3) is 0.333. The van der Waals surface area contributed by atoms with Crippen LogP contribution < -0.4 is 0 Å². The van der Waals surface area contributed by atoms with Crippen molar-refractivity contribution in [3.8, 4) is 0 Å². The van der Waals surface area contributed by atoms with E-state index in [-0.39, 0.29) is 11.3 Å². The van der Waals surface area contributed by atoms with Crippen molar-refractivity contribution in [1.82, 2.24) is 9.80 Å². The fourth-order valence-electron chi connectivity index (χ4n) is 3.41. The molecule has 1 aliphatic heterocycles. The van der Waals surface area contributed by atoms with Crippen LogP contribution >= 0.6 is 11.6 Å². The van der Waals surface area contributed by atoms with Gasteiger partial charge >= 0.3 is 0 Å². The summed E-state index contributed by atoms with van der Waals surface area (Å²) in [7, 11) is 0. The monoisotopic (exact) mass is 402 g/mol. The van der Waals surface area contributed by atoms with Crippen molar-refractivity contribution in [2.24, 2.45) is 0 Å². The molecule has 0 spiro atoms. The van der Waals surface area contributed by atoms with Gasteiger partial charge in [-0.3, -0.25) is 9.59 Å².